The maximum absolute atomic E-state index is 12.9. The Labute approximate surface area is 171 Å². The van der Waals surface area contributed by atoms with Crippen LogP contribution in [0.15, 0.2) is 54.6 Å². The van der Waals surface area contributed by atoms with Gasteiger partial charge >= 0.3 is 5.97 Å². The van der Waals surface area contributed by atoms with Crippen LogP contribution in [0.4, 0.5) is 0 Å². The highest BCUT2D eigenvalue weighted by atomic mass is 16.5. The van der Waals surface area contributed by atoms with Gasteiger partial charge in [0.25, 0.3) is 0 Å². The summed E-state index contributed by atoms with van der Waals surface area (Å²) in [7, 11) is 1.34. The number of carbonyl (C=O) groups excluding carboxylic acids is 2. The summed E-state index contributed by atoms with van der Waals surface area (Å²) in [6, 6.07) is 18.5. The second-order valence-electron chi connectivity index (χ2n) is 7.28. The third-order valence-electron chi connectivity index (χ3n) is 5.24. The molecular formula is C24H27N2O3+. The van der Waals surface area contributed by atoms with Crippen LogP contribution < -0.4 is 5.32 Å². The van der Waals surface area contributed by atoms with Gasteiger partial charge in [0.15, 0.2) is 0 Å². The summed E-state index contributed by atoms with van der Waals surface area (Å²) in [6.45, 7) is 5.87. The zero-order valence-electron chi connectivity index (χ0n) is 17.3. The van der Waals surface area contributed by atoms with E-state index in [2.05, 4.69) is 48.3 Å². The molecule has 0 saturated carbocycles. The second kappa shape index (κ2) is 8.88. The van der Waals surface area contributed by atoms with Gasteiger partial charge in [-0.25, -0.2) is 4.79 Å². The predicted octanol–water partition coefficient (Wildman–Crippen LogP) is 3.26. The number of carbonyl (C=O) groups is 2. The Kier molecular flexibility index (Phi) is 6.29. The minimum absolute atomic E-state index is 0.0113. The van der Waals surface area contributed by atoms with Crippen LogP contribution in [0.3, 0.4) is 0 Å². The molecule has 0 saturated heterocycles. The highest BCUT2D eigenvalue weighted by Crippen LogP contribution is 2.20. The lowest BCUT2D eigenvalue weighted by Crippen LogP contribution is -2.87. The van der Waals surface area contributed by atoms with Crippen molar-refractivity contribution in [2.75, 3.05) is 13.7 Å². The number of hydrogen-bond acceptors (Lipinski definition) is 3. The summed E-state index contributed by atoms with van der Waals surface area (Å²) in [6.07, 6.45) is 0. The van der Waals surface area contributed by atoms with E-state index in [1.165, 1.54) is 12.7 Å². The van der Waals surface area contributed by atoms with Crippen LogP contribution in [-0.4, -0.2) is 30.4 Å². The van der Waals surface area contributed by atoms with Crippen LogP contribution in [0.1, 0.15) is 54.8 Å². The smallest absolute Gasteiger partial charge is 0.339 e. The number of ether oxygens (including phenoxy) is 1. The summed E-state index contributed by atoms with van der Waals surface area (Å²) >= 11 is 0. The molecule has 5 heteroatoms. The molecule has 1 aromatic heterocycles. The number of esters is 1. The van der Waals surface area contributed by atoms with Gasteiger partial charge in [-0.05, 0) is 26.3 Å². The number of aromatic amines is 1. The van der Waals surface area contributed by atoms with Crippen LogP contribution in [0.2, 0.25) is 0 Å². The molecule has 29 heavy (non-hydrogen) atoms. The van der Waals surface area contributed by atoms with Gasteiger partial charge in [0, 0.05) is 16.8 Å². The highest BCUT2D eigenvalue weighted by Gasteiger charge is 2.25. The number of hydrogen-bond donors (Lipinski definition) is 2. The molecule has 0 amide bonds. The molecule has 1 heterocycles. The number of Topliss-reactive ketones (excluding diaryl/α,β-unsaturated/α-hetero) is 1. The zero-order valence-corrected chi connectivity index (χ0v) is 17.3. The van der Waals surface area contributed by atoms with Crippen LogP contribution >= 0.6 is 0 Å². The first kappa shape index (κ1) is 20.6. The lowest BCUT2D eigenvalue weighted by atomic mass is 9.97. The SMILES string of the molecule is COC(=O)c1c(C)[nH]c(C(=O)C[NH2+][C@@H](c2ccccc2)c2ccc(C)cc2)c1C. The van der Waals surface area contributed by atoms with E-state index < -0.39 is 5.97 Å². The average Bonchev–Trinajstić information content (AvgIpc) is 3.03. The Balaban J connectivity index is 1.84. The predicted molar refractivity (Wildman–Crippen MR) is 112 cm³/mol. The summed E-state index contributed by atoms with van der Waals surface area (Å²) < 4.78 is 4.84. The van der Waals surface area contributed by atoms with E-state index in [1.54, 1.807) is 13.8 Å². The van der Waals surface area contributed by atoms with Gasteiger partial charge in [-0.15, -0.1) is 0 Å². The van der Waals surface area contributed by atoms with Crippen molar-refractivity contribution in [3.8, 4) is 0 Å². The molecule has 3 rings (SSSR count). The molecule has 0 aliphatic carbocycles. The Hall–Kier alpha value is -3.18. The van der Waals surface area contributed by atoms with Gasteiger partial charge in [0.2, 0.25) is 5.78 Å². The van der Waals surface area contributed by atoms with Gasteiger partial charge in [0.05, 0.1) is 18.4 Å². The number of H-pyrrole nitrogens is 1. The Morgan fingerprint density at radius 2 is 1.59 bits per heavy atom. The first-order chi connectivity index (χ1) is 13.9. The molecule has 1 atom stereocenters. The van der Waals surface area contributed by atoms with E-state index in [0.29, 0.717) is 22.5 Å². The number of aryl methyl sites for hydroxylation is 2. The van der Waals surface area contributed by atoms with Gasteiger partial charge in [0.1, 0.15) is 12.6 Å². The van der Waals surface area contributed by atoms with E-state index in [9.17, 15) is 9.59 Å². The minimum atomic E-state index is -0.430. The van der Waals surface area contributed by atoms with Crippen LogP contribution in [0.25, 0.3) is 0 Å². The Bertz CT molecular complexity index is 1000. The molecule has 150 valence electrons. The van der Waals surface area contributed by atoms with Crippen molar-refractivity contribution in [3.63, 3.8) is 0 Å². The minimum Gasteiger partial charge on any atom is -0.465 e. The average molecular weight is 391 g/mol. The summed E-state index contributed by atoms with van der Waals surface area (Å²) in [5, 5.41) is 2.04. The quantitative estimate of drug-likeness (QED) is 0.479. The summed E-state index contributed by atoms with van der Waals surface area (Å²) in [5.74, 6) is -0.477. The molecule has 0 unspecified atom stereocenters. The summed E-state index contributed by atoms with van der Waals surface area (Å²) in [4.78, 5) is 28.0. The van der Waals surface area contributed by atoms with Crippen molar-refractivity contribution >= 4 is 11.8 Å². The number of benzene rings is 2. The van der Waals surface area contributed by atoms with E-state index in [4.69, 9.17) is 4.74 Å². The van der Waals surface area contributed by atoms with Gasteiger partial charge in [-0.2, -0.15) is 0 Å². The largest absolute Gasteiger partial charge is 0.465 e. The van der Waals surface area contributed by atoms with Crippen molar-refractivity contribution in [1.82, 2.24) is 4.98 Å². The maximum atomic E-state index is 12.9. The first-order valence-electron chi connectivity index (χ1n) is 9.68. The van der Waals surface area contributed by atoms with Crippen molar-refractivity contribution in [2.45, 2.75) is 26.8 Å². The molecule has 0 bridgehead atoms. The number of nitrogens with one attached hydrogen (secondary N) is 1. The molecule has 2 aromatic carbocycles. The van der Waals surface area contributed by atoms with Crippen molar-refractivity contribution in [2.24, 2.45) is 0 Å². The molecule has 0 fully saturated rings. The Morgan fingerprint density at radius 3 is 2.21 bits per heavy atom. The molecule has 3 N–H and O–H groups in total. The van der Waals surface area contributed by atoms with E-state index in [1.807, 2.05) is 23.5 Å². The normalized spacial score (nSPS) is 11.9. The third-order valence-corrected chi connectivity index (χ3v) is 5.24. The number of rotatable bonds is 7. The number of nitrogens with two attached hydrogens (primary N) is 1. The van der Waals surface area contributed by atoms with E-state index >= 15 is 0 Å². The molecule has 0 aliphatic heterocycles. The Morgan fingerprint density at radius 1 is 0.966 bits per heavy atom. The summed E-state index contributed by atoms with van der Waals surface area (Å²) in [5.41, 5.74) is 5.67. The number of ketones is 1. The van der Waals surface area contributed by atoms with Crippen LogP contribution in [0, 0.1) is 20.8 Å². The number of quaternary nitrogens is 1. The molecular weight excluding hydrogens is 364 g/mol. The van der Waals surface area contributed by atoms with Gasteiger partial charge in [-0.3, -0.25) is 4.79 Å². The topological polar surface area (TPSA) is 75.8 Å². The van der Waals surface area contributed by atoms with Crippen molar-refractivity contribution < 1.29 is 19.6 Å². The zero-order chi connectivity index (χ0) is 21.0. The number of methoxy groups -OCH3 is 1. The van der Waals surface area contributed by atoms with Crippen LogP contribution in [-0.2, 0) is 4.74 Å². The van der Waals surface area contributed by atoms with Crippen LogP contribution in [0.5, 0.6) is 0 Å². The second-order valence-corrected chi connectivity index (χ2v) is 7.28. The fourth-order valence-corrected chi connectivity index (χ4v) is 3.66. The maximum Gasteiger partial charge on any atom is 0.339 e. The highest BCUT2D eigenvalue weighted by molar-refractivity contribution is 6.01. The molecule has 5 nitrogen and oxygen atoms in total. The first-order valence-corrected chi connectivity index (χ1v) is 9.68. The molecule has 0 spiro atoms. The van der Waals surface area contributed by atoms with E-state index in [0.717, 1.165) is 11.1 Å². The van der Waals surface area contributed by atoms with Crippen molar-refractivity contribution in [3.05, 3.63) is 93.8 Å². The van der Waals surface area contributed by atoms with Gasteiger partial charge in [-0.1, -0.05) is 60.2 Å². The molecule has 3 aromatic rings. The van der Waals surface area contributed by atoms with Gasteiger partial charge < -0.3 is 15.0 Å². The standard InChI is InChI=1S/C24H26N2O3/c1-15-10-12-19(13-11-15)23(18-8-6-5-7-9-18)25-14-20(27)22-16(2)21(17(3)26-22)24(28)29-4/h5-13,23,25-26H,14H2,1-4H3/p+1/t23-/m0/s1. The van der Waals surface area contributed by atoms with E-state index in [-0.39, 0.29) is 18.4 Å². The molecule has 0 radical (unpaired) electrons. The lowest BCUT2D eigenvalue weighted by molar-refractivity contribution is -0.675. The monoisotopic (exact) mass is 391 g/mol. The third kappa shape index (κ3) is 4.46. The lowest BCUT2D eigenvalue weighted by Gasteiger charge is -2.16. The fourth-order valence-electron chi connectivity index (χ4n) is 3.66. The number of aromatic nitrogens is 1. The molecule has 0 aliphatic rings. The fraction of sp³-hybridized carbons (Fsp3) is 0.250. The van der Waals surface area contributed by atoms with Crippen molar-refractivity contribution in [1.29, 1.82) is 0 Å².